The van der Waals surface area contributed by atoms with Crippen molar-refractivity contribution in [3.05, 3.63) is 71.2 Å². The molecule has 1 N–H and O–H groups in total. The minimum absolute atomic E-state index is 0.0922. The molecule has 3 heterocycles. The quantitative estimate of drug-likeness (QED) is 0.438. The van der Waals surface area contributed by atoms with Gasteiger partial charge in [-0.25, -0.2) is 19.4 Å². The summed E-state index contributed by atoms with van der Waals surface area (Å²) in [6.07, 6.45) is 0.831. The summed E-state index contributed by atoms with van der Waals surface area (Å²) in [5.41, 5.74) is 4.91. The molecule has 4 aromatic rings. The fourth-order valence-corrected chi connectivity index (χ4v) is 4.55. The molecule has 0 fully saturated rings. The van der Waals surface area contributed by atoms with E-state index in [1.54, 1.807) is 11.8 Å². The number of anilines is 1. The van der Waals surface area contributed by atoms with Gasteiger partial charge in [0.1, 0.15) is 5.82 Å². The van der Waals surface area contributed by atoms with E-state index in [-0.39, 0.29) is 23.8 Å². The summed E-state index contributed by atoms with van der Waals surface area (Å²) in [7, 11) is 0. The molecule has 0 atom stereocenters. The molecule has 5 rings (SSSR count). The average Bonchev–Trinajstić information content (AvgIpc) is 3.37. The molecule has 0 bridgehead atoms. The molecule has 1 amide bonds. The van der Waals surface area contributed by atoms with Crippen molar-refractivity contribution in [2.75, 3.05) is 4.90 Å². The van der Waals surface area contributed by atoms with Gasteiger partial charge >= 0.3 is 5.97 Å². The van der Waals surface area contributed by atoms with Crippen molar-refractivity contribution < 1.29 is 14.7 Å². The molecule has 0 saturated carbocycles. The molecule has 0 spiro atoms. The van der Waals surface area contributed by atoms with Gasteiger partial charge in [-0.2, -0.15) is 0 Å². The van der Waals surface area contributed by atoms with Gasteiger partial charge in [-0.3, -0.25) is 9.69 Å². The molecule has 1 aliphatic heterocycles. The SMILES string of the molecule is Cc1nc(C(=O)O)nc2c1CCC(=O)N2Cc1ccc(-c2ccccc2-c2nnnn2C(C)(C)C)cc1. The molecule has 0 unspecified atom stereocenters. The van der Waals surface area contributed by atoms with Crippen molar-refractivity contribution in [2.24, 2.45) is 0 Å². The largest absolute Gasteiger partial charge is 0.475 e. The van der Waals surface area contributed by atoms with Crippen LogP contribution < -0.4 is 4.90 Å². The summed E-state index contributed by atoms with van der Waals surface area (Å²) in [6.45, 7) is 8.19. The number of carboxylic acids is 1. The number of fused-ring (bicyclic) bond motifs is 1. The van der Waals surface area contributed by atoms with Crippen LogP contribution in [0.3, 0.4) is 0 Å². The summed E-state index contributed by atoms with van der Waals surface area (Å²) < 4.78 is 1.81. The van der Waals surface area contributed by atoms with E-state index in [0.717, 1.165) is 27.8 Å². The summed E-state index contributed by atoms with van der Waals surface area (Å²) in [6, 6.07) is 15.9. The van der Waals surface area contributed by atoms with E-state index in [4.69, 9.17) is 0 Å². The number of tetrazole rings is 1. The smallest absolute Gasteiger partial charge is 0.374 e. The highest BCUT2D eigenvalue weighted by atomic mass is 16.4. The predicted octanol–water partition coefficient (Wildman–Crippen LogP) is 4.04. The highest BCUT2D eigenvalue weighted by Crippen LogP contribution is 2.33. The minimum Gasteiger partial charge on any atom is -0.475 e. The Balaban J connectivity index is 1.47. The third kappa shape index (κ3) is 4.57. The highest BCUT2D eigenvalue weighted by Gasteiger charge is 2.29. The second kappa shape index (κ2) is 9.20. The van der Waals surface area contributed by atoms with E-state index in [0.29, 0.717) is 30.2 Å². The number of rotatable bonds is 5. The summed E-state index contributed by atoms with van der Waals surface area (Å²) in [5, 5.41) is 21.8. The molecule has 0 saturated heterocycles. The zero-order valence-corrected chi connectivity index (χ0v) is 21.1. The Hall–Kier alpha value is -4.47. The number of hydrogen-bond acceptors (Lipinski definition) is 7. The lowest BCUT2D eigenvalue weighted by Gasteiger charge is -2.29. The van der Waals surface area contributed by atoms with Crippen LogP contribution in [0, 0.1) is 6.92 Å². The summed E-state index contributed by atoms with van der Waals surface area (Å²) in [5.74, 6) is -0.549. The molecule has 37 heavy (non-hydrogen) atoms. The molecule has 10 nitrogen and oxygen atoms in total. The van der Waals surface area contributed by atoms with Gasteiger partial charge in [0.25, 0.3) is 0 Å². The Morgan fingerprint density at radius 3 is 2.38 bits per heavy atom. The lowest BCUT2D eigenvalue weighted by Crippen LogP contribution is -2.36. The minimum atomic E-state index is -1.22. The van der Waals surface area contributed by atoms with Crippen LogP contribution in [-0.2, 0) is 23.3 Å². The number of benzene rings is 2. The van der Waals surface area contributed by atoms with Crippen LogP contribution in [0.5, 0.6) is 0 Å². The van der Waals surface area contributed by atoms with Crippen LogP contribution in [0.2, 0.25) is 0 Å². The van der Waals surface area contributed by atoms with Crippen molar-refractivity contribution in [1.29, 1.82) is 0 Å². The van der Waals surface area contributed by atoms with E-state index >= 15 is 0 Å². The maximum Gasteiger partial charge on any atom is 0.374 e. The molecule has 188 valence electrons. The van der Waals surface area contributed by atoms with Crippen LogP contribution in [0.4, 0.5) is 5.82 Å². The fraction of sp³-hybridized carbons (Fsp3) is 0.296. The standard InChI is InChI=1S/C27H27N7O3/c1-16-19-13-14-22(35)33(24(19)29-23(28-16)26(36)37)15-17-9-11-18(12-10-17)20-7-5-6-8-21(20)25-30-31-32-34(25)27(2,3)4/h5-12H,13-15H2,1-4H3,(H,36,37). The molecule has 2 aromatic carbocycles. The summed E-state index contributed by atoms with van der Waals surface area (Å²) >= 11 is 0. The molecule has 0 radical (unpaired) electrons. The first-order chi connectivity index (χ1) is 17.6. The van der Waals surface area contributed by atoms with Gasteiger partial charge in [0.15, 0.2) is 5.82 Å². The Morgan fingerprint density at radius 1 is 1.00 bits per heavy atom. The van der Waals surface area contributed by atoms with E-state index in [1.165, 1.54) is 0 Å². The van der Waals surface area contributed by atoms with Crippen molar-refractivity contribution in [1.82, 2.24) is 30.2 Å². The Bertz CT molecular complexity index is 1500. The average molecular weight is 498 g/mol. The number of aryl methyl sites for hydroxylation is 1. The van der Waals surface area contributed by atoms with Gasteiger partial charge in [-0.15, -0.1) is 5.10 Å². The number of carbonyl (C=O) groups is 2. The Labute approximate surface area is 214 Å². The molecule has 2 aromatic heterocycles. The lowest BCUT2D eigenvalue weighted by atomic mass is 9.97. The van der Waals surface area contributed by atoms with Crippen LogP contribution >= 0.6 is 0 Å². The normalized spacial score (nSPS) is 13.5. The third-order valence-electron chi connectivity index (χ3n) is 6.41. The fourth-order valence-electron chi connectivity index (χ4n) is 4.55. The maximum atomic E-state index is 12.8. The maximum absolute atomic E-state index is 12.8. The van der Waals surface area contributed by atoms with Crippen LogP contribution in [0.25, 0.3) is 22.5 Å². The number of carboxylic acid groups (broad SMARTS) is 1. The van der Waals surface area contributed by atoms with Crippen LogP contribution in [0.15, 0.2) is 48.5 Å². The third-order valence-corrected chi connectivity index (χ3v) is 6.41. The van der Waals surface area contributed by atoms with E-state index in [9.17, 15) is 14.7 Å². The Kier molecular flexibility index (Phi) is 6.02. The molecule has 1 aliphatic rings. The number of aromatic carboxylic acids is 1. The molecular formula is C27H27N7O3. The number of amides is 1. The second-order valence-corrected chi connectivity index (χ2v) is 10.0. The van der Waals surface area contributed by atoms with Crippen LogP contribution in [0.1, 0.15) is 54.6 Å². The first-order valence-corrected chi connectivity index (χ1v) is 12.0. The van der Waals surface area contributed by atoms with E-state index in [2.05, 4.69) is 46.3 Å². The van der Waals surface area contributed by atoms with E-state index in [1.807, 2.05) is 53.2 Å². The monoisotopic (exact) mass is 497 g/mol. The zero-order chi connectivity index (χ0) is 26.3. The molecule has 10 heteroatoms. The van der Waals surface area contributed by atoms with Crippen LogP contribution in [-0.4, -0.2) is 47.2 Å². The summed E-state index contributed by atoms with van der Waals surface area (Å²) in [4.78, 5) is 34.2. The topological polar surface area (TPSA) is 127 Å². The van der Waals surface area contributed by atoms with Gasteiger partial charge in [0, 0.05) is 23.2 Å². The van der Waals surface area contributed by atoms with Crippen molar-refractivity contribution >= 4 is 17.7 Å². The zero-order valence-electron chi connectivity index (χ0n) is 21.1. The van der Waals surface area contributed by atoms with Crippen molar-refractivity contribution in [2.45, 2.75) is 52.6 Å². The first-order valence-electron chi connectivity index (χ1n) is 12.0. The van der Waals surface area contributed by atoms with Crippen molar-refractivity contribution in [3.8, 4) is 22.5 Å². The van der Waals surface area contributed by atoms with Gasteiger partial charge in [-0.05, 0) is 61.2 Å². The second-order valence-electron chi connectivity index (χ2n) is 10.0. The number of carbonyl (C=O) groups excluding carboxylic acids is 1. The predicted molar refractivity (Wildman–Crippen MR) is 137 cm³/mol. The van der Waals surface area contributed by atoms with E-state index < -0.39 is 5.97 Å². The highest BCUT2D eigenvalue weighted by molar-refractivity contribution is 5.96. The lowest BCUT2D eigenvalue weighted by molar-refractivity contribution is -0.119. The number of nitrogens with zero attached hydrogens (tertiary/aromatic N) is 7. The molecular weight excluding hydrogens is 470 g/mol. The van der Waals surface area contributed by atoms with Gasteiger partial charge in [0.2, 0.25) is 11.7 Å². The molecule has 0 aliphatic carbocycles. The number of aromatic nitrogens is 6. The number of hydrogen-bond donors (Lipinski definition) is 1. The van der Waals surface area contributed by atoms with Gasteiger partial charge < -0.3 is 5.11 Å². The van der Waals surface area contributed by atoms with Gasteiger partial charge in [0.05, 0.1) is 12.1 Å². The van der Waals surface area contributed by atoms with Gasteiger partial charge in [-0.1, -0.05) is 48.5 Å². The Morgan fingerprint density at radius 2 is 1.70 bits per heavy atom. The first kappa shape index (κ1) is 24.2. The van der Waals surface area contributed by atoms with Crippen molar-refractivity contribution in [3.63, 3.8) is 0 Å².